The van der Waals surface area contributed by atoms with E-state index in [-0.39, 0.29) is 6.61 Å². The molecule has 74 valence electrons. The van der Waals surface area contributed by atoms with E-state index in [4.69, 9.17) is 5.11 Å². The highest BCUT2D eigenvalue weighted by atomic mass is 16.3. The molecule has 0 aromatic carbocycles. The summed E-state index contributed by atoms with van der Waals surface area (Å²) in [6.45, 7) is 8.23. The van der Waals surface area contributed by atoms with E-state index in [1.165, 1.54) is 0 Å². The fourth-order valence-electron chi connectivity index (χ4n) is 1.40. The summed E-state index contributed by atoms with van der Waals surface area (Å²) < 4.78 is 1.99. The van der Waals surface area contributed by atoms with Crippen LogP contribution >= 0.6 is 0 Å². The Kier molecular flexibility index (Phi) is 3.03. The monoisotopic (exact) mass is 183 g/mol. The molecule has 0 aliphatic rings. The van der Waals surface area contributed by atoms with Crippen LogP contribution in [0.25, 0.3) is 0 Å². The van der Waals surface area contributed by atoms with Gasteiger partial charge in [-0.15, -0.1) is 10.2 Å². The summed E-state index contributed by atoms with van der Waals surface area (Å²) in [5.74, 6) is 1.94. The van der Waals surface area contributed by atoms with Crippen LogP contribution < -0.4 is 0 Å². The summed E-state index contributed by atoms with van der Waals surface area (Å²) in [6, 6.07) is 0.301. The minimum absolute atomic E-state index is 0.0437. The Morgan fingerprint density at radius 2 is 1.85 bits per heavy atom. The van der Waals surface area contributed by atoms with Crippen LogP contribution in [0.1, 0.15) is 51.3 Å². The average Bonchev–Trinajstić information content (AvgIpc) is 2.46. The standard InChI is InChI=1S/C9H17N3O/c1-6(2)9-11-10-8(5-13)12(9)7(3)4/h6-7,13H,5H2,1-4H3. The van der Waals surface area contributed by atoms with E-state index in [0.717, 1.165) is 5.82 Å². The molecule has 1 aromatic heterocycles. The third-order valence-corrected chi connectivity index (χ3v) is 1.97. The van der Waals surface area contributed by atoms with Crippen LogP contribution in [0.5, 0.6) is 0 Å². The second-order valence-electron chi connectivity index (χ2n) is 3.75. The molecule has 1 N–H and O–H groups in total. The van der Waals surface area contributed by atoms with Gasteiger partial charge in [0.1, 0.15) is 12.4 Å². The van der Waals surface area contributed by atoms with Gasteiger partial charge in [-0.3, -0.25) is 0 Å². The van der Waals surface area contributed by atoms with Crippen molar-refractivity contribution in [1.82, 2.24) is 14.8 Å². The van der Waals surface area contributed by atoms with Gasteiger partial charge in [0.2, 0.25) is 0 Å². The molecule has 0 radical (unpaired) electrons. The first-order valence-electron chi connectivity index (χ1n) is 4.62. The molecule has 0 bridgehead atoms. The van der Waals surface area contributed by atoms with Crippen LogP contribution in [0.2, 0.25) is 0 Å². The molecule has 1 aromatic rings. The molecule has 0 saturated heterocycles. The third kappa shape index (κ3) is 1.88. The van der Waals surface area contributed by atoms with Crippen LogP contribution in [-0.4, -0.2) is 19.9 Å². The van der Waals surface area contributed by atoms with Gasteiger partial charge in [-0.25, -0.2) is 0 Å². The van der Waals surface area contributed by atoms with Gasteiger partial charge in [0.15, 0.2) is 5.82 Å². The highest BCUT2D eigenvalue weighted by Crippen LogP contribution is 2.18. The third-order valence-electron chi connectivity index (χ3n) is 1.97. The highest BCUT2D eigenvalue weighted by Gasteiger charge is 2.15. The molecule has 13 heavy (non-hydrogen) atoms. The normalized spacial score (nSPS) is 11.6. The van der Waals surface area contributed by atoms with E-state index in [2.05, 4.69) is 37.9 Å². The van der Waals surface area contributed by atoms with Crippen LogP contribution in [0, 0.1) is 0 Å². The minimum Gasteiger partial charge on any atom is -0.388 e. The molecule has 4 nitrogen and oxygen atoms in total. The molecular weight excluding hydrogens is 166 g/mol. The Hall–Kier alpha value is -0.900. The molecule has 0 spiro atoms. The van der Waals surface area contributed by atoms with Gasteiger partial charge in [-0.1, -0.05) is 13.8 Å². The second kappa shape index (κ2) is 3.87. The predicted molar refractivity (Wildman–Crippen MR) is 50.4 cm³/mol. The van der Waals surface area contributed by atoms with E-state index < -0.39 is 0 Å². The predicted octanol–water partition coefficient (Wildman–Crippen LogP) is 1.47. The van der Waals surface area contributed by atoms with Crippen molar-refractivity contribution in [2.24, 2.45) is 0 Å². The molecular formula is C9H17N3O. The Balaban J connectivity index is 3.14. The number of nitrogens with zero attached hydrogens (tertiary/aromatic N) is 3. The largest absolute Gasteiger partial charge is 0.388 e. The van der Waals surface area contributed by atoms with E-state index in [1.54, 1.807) is 0 Å². The molecule has 0 atom stereocenters. The Morgan fingerprint density at radius 1 is 1.23 bits per heavy atom. The van der Waals surface area contributed by atoms with Gasteiger partial charge in [0.05, 0.1) is 0 Å². The van der Waals surface area contributed by atoms with Gasteiger partial charge in [-0.2, -0.15) is 0 Å². The first-order chi connectivity index (χ1) is 6.07. The highest BCUT2D eigenvalue weighted by molar-refractivity contribution is 5.00. The maximum atomic E-state index is 9.04. The quantitative estimate of drug-likeness (QED) is 0.772. The zero-order valence-electron chi connectivity index (χ0n) is 8.65. The summed E-state index contributed by atoms with van der Waals surface area (Å²) in [7, 11) is 0. The topological polar surface area (TPSA) is 50.9 Å². The van der Waals surface area contributed by atoms with Crippen molar-refractivity contribution in [3.8, 4) is 0 Å². The molecule has 0 fully saturated rings. The van der Waals surface area contributed by atoms with Gasteiger partial charge in [-0.05, 0) is 13.8 Å². The number of hydrogen-bond donors (Lipinski definition) is 1. The fraction of sp³-hybridized carbons (Fsp3) is 0.778. The van der Waals surface area contributed by atoms with Crippen LogP contribution in [0.3, 0.4) is 0 Å². The Morgan fingerprint density at radius 3 is 2.23 bits per heavy atom. The first kappa shape index (κ1) is 10.2. The smallest absolute Gasteiger partial charge is 0.159 e. The van der Waals surface area contributed by atoms with E-state index >= 15 is 0 Å². The Labute approximate surface area is 78.6 Å². The van der Waals surface area contributed by atoms with Crippen molar-refractivity contribution in [1.29, 1.82) is 0 Å². The molecule has 1 heterocycles. The van der Waals surface area contributed by atoms with Crippen molar-refractivity contribution in [3.05, 3.63) is 11.6 Å². The van der Waals surface area contributed by atoms with Gasteiger partial charge >= 0.3 is 0 Å². The zero-order valence-corrected chi connectivity index (χ0v) is 8.65. The number of aliphatic hydroxyl groups is 1. The summed E-state index contributed by atoms with van der Waals surface area (Å²) in [6.07, 6.45) is 0. The van der Waals surface area contributed by atoms with Crippen LogP contribution in [0.15, 0.2) is 0 Å². The lowest BCUT2D eigenvalue weighted by Gasteiger charge is -2.14. The van der Waals surface area contributed by atoms with E-state index in [1.807, 2.05) is 4.57 Å². The van der Waals surface area contributed by atoms with Gasteiger partial charge in [0.25, 0.3) is 0 Å². The summed E-state index contributed by atoms with van der Waals surface area (Å²) in [4.78, 5) is 0. The lowest BCUT2D eigenvalue weighted by molar-refractivity contribution is 0.261. The molecule has 0 amide bonds. The van der Waals surface area contributed by atoms with Crippen molar-refractivity contribution in [3.63, 3.8) is 0 Å². The number of rotatable bonds is 3. The lowest BCUT2D eigenvalue weighted by atomic mass is 10.2. The molecule has 0 saturated carbocycles. The molecule has 0 aliphatic heterocycles. The summed E-state index contributed by atoms with van der Waals surface area (Å²) in [5.41, 5.74) is 0. The maximum Gasteiger partial charge on any atom is 0.159 e. The lowest BCUT2D eigenvalue weighted by Crippen LogP contribution is -2.11. The SMILES string of the molecule is CC(C)c1nnc(CO)n1C(C)C. The Bertz CT molecular complexity index is 278. The molecule has 4 heteroatoms. The summed E-state index contributed by atoms with van der Waals surface area (Å²) in [5, 5.41) is 17.0. The molecule has 0 unspecified atom stereocenters. The van der Waals surface area contributed by atoms with Gasteiger partial charge < -0.3 is 9.67 Å². The number of hydrogen-bond acceptors (Lipinski definition) is 3. The first-order valence-corrected chi connectivity index (χ1v) is 4.62. The van der Waals surface area contributed by atoms with Crippen molar-refractivity contribution in [2.45, 2.75) is 46.3 Å². The summed E-state index contributed by atoms with van der Waals surface area (Å²) >= 11 is 0. The van der Waals surface area contributed by atoms with Crippen molar-refractivity contribution >= 4 is 0 Å². The van der Waals surface area contributed by atoms with Crippen LogP contribution in [0.4, 0.5) is 0 Å². The second-order valence-corrected chi connectivity index (χ2v) is 3.75. The van der Waals surface area contributed by atoms with Gasteiger partial charge in [0, 0.05) is 12.0 Å². The minimum atomic E-state index is -0.0437. The molecule has 1 rings (SSSR count). The van der Waals surface area contributed by atoms with E-state index in [0.29, 0.717) is 17.8 Å². The zero-order chi connectivity index (χ0) is 10.0. The maximum absolute atomic E-state index is 9.04. The number of aromatic nitrogens is 3. The fourth-order valence-corrected chi connectivity index (χ4v) is 1.40. The van der Waals surface area contributed by atoms with Crippen molar-refractivity contribution in [2.75, 3.05) is 0 Å². The number of aliphatic hydroxyl groups excluding tert-OH is 1. The van der Waals surface area contributed by atoms with Crippen LogP contribution in [-0.2, 0) is 6.61 Å². The average molecular weight is 183 g/mol. The van der Waals surface area contributed by atoms with E-state index in [9.17, 15) is 0 Å². The van der Waals surface area contributed by atoms with Crippen molar-refractivity contribution < 1.29 is 5.11 Å². The molecule has 0 aliphatic carbocycles.